The molecule has 2 fully saturated rings. The molecule has 186 valence electrons. The zero-order valence-corrected chi connectivity index (χ0v) is 21.0. The number of aliphatic hydroxyl groups excluding tert-OH is 1. The van der Waals surface area contributed by atoms with Crippen molar-refractivity contribution in [3.63, 3.8) is 0 Å². The van der Waals surface area contributed by atoms with Crippen molar-refractivity contribution < 1.29 is 18.3 Å². The summed E-state index contributed by atoms with van der Waals surface area (Å²) in [6, 6.07) is 7.42. The number of aliphatic hydroxyl groups is 1. The molecule has 0 saturated carbocycles. The number of β-amino-alcohol motifs (C(OH)–C–C–N with tert-alkyl or cyclic N) is 1. The summed E-state index contributed by atoms with van der Waals surface area (Å²) in [4.78, 5) is 6.85. The molecule has 0 bridgehead atoms. The van der Waals surface area contributed by atoms with Crippen LogP contribution in [0.3, 0.4) is 0 Å². The van der Waals surface area contributed by atoms with E-state index in [4.69, 9.17) is 9.84 Å². The van der Waals surface area contributed by atoms with E-state index in [-0.39, 0.29) is 6.61 Å². The first-order valence-electron chi connectivity index (χ1n) is 11.7. The maximum absolute atomic E-state index is 13.3. The Morgan fingerprint density at radius 2 is 1.44 bits per heavy atom. The number of aryl methyl sites for hydroxylation is 2. The third kappa shape index (κ3) is 5.12. The van der Waals surface area contributed by atoms with Crippen LogP contribution < -0.4 is 14.5 Å². The lowest BCUT2D eigenvalue weighted by atomic mass is 10.1. The molecule has 11 heteroatoms. The molecule has 0 spiro atoms. The molecule has 0 aliphatic carbocycles. The third-order valence-corrected chi connectivity index (χ3v) is 8.66. The van der Waals surface area contributed by atoms with Gasteiger partial charge in [-0.3, -0.25) is 4.90 Å². The summed E-state index contributed by atoms with van der Waals surface area (Å²) in [5.74, 6) is 2.30. The minimum Gasteiger partial charge on any atom is -0.496 e. The van der Waals surface area contributed by atoms with E-state index in [1.165, 1.54) is 0 Å². The van der Waals surface area contributed by atoms with Gasteiger partial charge < -0.3 is 19.6 Å². The van der Waals surface area contributed by atoms with Gasteiger partial charge in [-0.05, 0) is 49.2 Å². The van der Waals surface area contributed by atoms with Gasteiger partial charge in [0.2, 0.25) is 10.0 Å². The van der Waals surface area contributed by atoms with Crippen molar-refractivity contribution in [3.05, 3.63) is 35.4 Å². The summed E-state index contributed by atoms with van der Waals surface area (Å²) >= 11 is 0. The van der Waals surface area contributed by atoms with Gasteiger partial charge in [0.25, 0.3) is 0 Å². The van der Waals surface area contributed by atoms with E-state index in [0.717, 1.165) is 43.4 Å². The van der Waals surface area contributed by atoms with Gasteiger partial charge in [-0.1, -0.05) is 0 Å². The van der Waals surface area contributed by atoms with Crippen LogP contribution in [0.4, 0.5) is 11.6 Å². The number of sulfonamides is 1. The highest BCUT2D eigenvalue weighted by Crippen LogP contribution is 2.28. The van der Waals surface area contributed by atoms with Gasteiger partial charge in [-0.15, -0.1) is 10.2 Å². The highest BCUT2D eigenvalue weighted by molar-refractivity contribution is 7.89. The quantitative estimate of drug-likeness (QED) is 0.602. The Morgan fingerprint density at radius 1 is 0.882 bits per heavy atom. The molecule has 0 atom stereocenters. The zero-order chi connectivity index (χ0) is 24.3. The first-order chi connectivity index (χ1) is 16.3. The molecule has 0 radical (unpaired) electrons. The van der Waals surface area contributed by atoms with Crippen molar-refractivity contribution in [3.8, 4) is 5.75 Å². The number of hydrogen-bond acceptors (Lipinski definition) is 9. The summed E-state index contributed by atoms with van der Waals surface area (Å²) < 4.78 is 33.5. The van der Waals surface area contributed by atoms with Crippen molar-refractivity contribution in [2.24, 2.45) is 0 Å². The molecule has 0 unspecified atom stereocenters. The van der Waals surface area contributed by atoms with Gasteiger partial charge >= 0.3 is 0 Å². The minimum absolute atomic E-state index is 0.183. The molecular weight excluding hydrogens is 456 g/mol. The summed E-state index contributed by atoms with van der Waals surface area (Å²) in [6.45, 7) is 9.95. The zero-order valence-electron chi connectivity index (χ0n) is 20.1. The van der Waals surface area contributed by atoms with Gasteiger partial charge in [-0.2, -0.15) is 4.31 Å². The normalized spacial score (nSPS) is 18.4. The predicted molar refractivity (Wildman–Crippen MR) is 131 cm³/mol. The van der Waals surface area contributed by atoms with Crippen molar-refractivity contribution in [2.75, 3.05) is 82.4 Å². The van der Waals surface area contributed by atoms with Crippen LogP contribution in [0.1, 0.15) is 11.1 Å². The highest BCUT2D eigenvalue weighted by Gasteiger charge is 2.31. The fourth-order valence-corrected chi connectivity index (χ4v) is 6.27. The van der Waals surface area contributed by atoms with Crippen molar-refractivity contribution in [1.82, 2.24) is 19.4 Å². The number of benzene rings is 1. The molecular formula is C23H34N6O4S. The third-order valence-electron chi connectivity index (χ3n) is 6.62. The first kappa shape index (κ1) is 24.6. The summed E-state index contributed by atoms with van der Waals surface area (Å²) in [7, 11) is -2.00. The van der Waals surface area contributed by atoms with E-state index in [1.807, 2.05) is 19.1 Å². The lowest BCUT2D eigenvalue weighted by Gasteiger charge is -2.36. The number of anilines is 2. The topological polar surface area (TPSA) is 102 Å². The average molecular weight is 491 g/mol. The van der Waals surface area contributed by atoms with E-state index >= 15 is 0 Å². The fourth-order valence-electron chi connectivity index (χ4n) is 4.56. The second kappa shape index (κ2) is 10.4. The Morgan fingerprint density at radius 3 is 1.94 bits per heavy atom. The maximum atomic E-state index is 13.3. The van der Waals surface area contributed by atoms with Crippen LogP contribution in [0, 0.1) is 13.8 Å². The van der Waals surface area contributed by atoms with Gasteiger partial charge in [0.1, 0.15) is 5.75 Å². The second-order valence-corrected chi connectivity index (χ2v) is 10.7. The number of rotatable bonds is 7. The molecule has 4 rings (SSSR count). The van der Waals surface area contributed by atoms with Crippen molar-refractivity contribution in [2.45, 2.75) is 18.7 Å². The first-order valence-corrected chi connectivity index (χ1v) is 13.1. The van der Waals surface area contributed by atoms with Crippen LogP contribution in [0.25, 0.3) is 0 Å². The van der Waals surface area contributed by atoms with Crippen LogP contribution in [-0.2, 0) is 10.0 Å². The van der Waals surface area contributed by atoms with Crippen LogP contribution >= 0.6 is 0 Å². The number of piperazine rings is 2. The largest absolute Gasteiger partial charge is 0.496 e. The molecule has 10 nitrogen and oxygen atoms in total. The number of ether oxygens (including phenoxy) is 1. The molecule has 2 aliphatic rings. The molecule has 1 aromatic heterocycles. The Bertz CT molecular complexity index is 1080. The summed E-state index contributed by atoms with van der Waals surface area (Å²) in [6.07, 6.45) is 0. The van der Waals surface area contributed by atoms with Crippen LogP contribution in [0.2, 0.25) is 0 Å². The Balaban J connectivity index is 1.37. The smallest absolute Gasteiger partial charge is 0.243 e. The van der Waals surface area contributed by atoms with E-state index in [1.54, 1.807) is 30.5 Å². The van der Waals surface area contributed by atoms with E-state index < -0.39 is 10.0 Å². The van der Waals surface area contributed by atoms with E-state index in [9.17, 15) is 8.42 Å². The van der Waals surface area contributed by atoms with E-state index in [2.05, 4.69) is 24.9 Å². The highest BCUT2D eigenvalue weighted by atomic mass is 32.2. The number of aromatic nitrogens is 2. The van der Waals surface area contributed by atoms with Gasteiger partial charge in [-0.25, -0.2) is 8.42 Å². The van der Waals surface area contributed by atoms with E-state index in [0.29, 0.717) is 48.9 Å². The number of hydrogen-bond donors (Lipinski definition) is 1. The molecule has 3 heterocycles. The number of nitrogens with zero attached hydrogens (tertiary/aromatic N) is 6. The van der Waals surface area contributed by atoms with Crippen LogP contribution in [0.5, 0.6) is 5.75 Å². The Hall–Kier alpha value is -2.47. The lowest BCUT2D eigenvalue weighted by Crippen LogP contribution is -2.49. The second-order valence-electron chi connectivity index (χ2n) is 8.78. The van der Waals surface area contributed by atoms with Crippen LogP contribution in [0.15, 0.2) is 29.2 Å². The Kier molecular flexibility index (Phi) is 7.56. The molecule has 1 aromatic carbocycles. The minimum atomic E-state index is -3.59. The standard InChI is InChI=1S/C23H34N6O4S/c1-18-17-21(19(2)16-20(18)33-3)34(31,32)29-12-10-28(11-13-29)23-5-4-22(24-25-23)27-8-6-26(7-9-27)14-15-30/h4-5,16-17,30H,6-15H2,1-3H3. The summed E-state index contributed by atoms with van der Waals surface area (Å²) in [5.41, 5.74) is 1.49. The monoisotopic (exact) mass is 490 g/mol. The fraction of sp³-hybridized carbons (Fsp3) is 0.565. The molecule has 1 N–H and O–H groups in total. The Labute approximate surface area is 201 Å². The van der Waals surface area contributed by atoms with Gasteiger partial charge in [0.15, 0.2) is 11.6 Å². The van der Waals surface area contributed by atoms with Crippen molar-refractivity contribution >= 4 is 21.7 Å². The summed E-state index contributed by atoms with van der Waals surface area (Å²) in [5, 5.41) is 17.9. The van der Waals surface area contributed by atoms with Gasteiger partial charge in [0.05, 0.1) is 18.6 Å². The van der Waals surface area contributed by atoms with Gasteiger partial charge in [0, 0.05) is 58.9 Å². The van der Waals surface area contributed by atoms with Crippen LogP contribution in [-0.4, -0.2) is 106 Å². The lowest BCUT2D eigenvalue weighted by molar-refractivity contribution is 0.188. The SMILES string of the molecule is COc1cc(C)c(S(=O)(=O)N2CCN(c3ccc(N4CCN(CCO)CC4)nn3)CC2)cc1C. The maximum Gasteiger partial charge on any atom is 0.243 e. The molecule has 2 aromatic rings. The molecule has 2 saturated heterocycles. The predicted octanol–water partition coefficient (Wildman–Crippen LogP) is 0.727. The number of methoxy groups -OCH3 is 1. The molecule has 2 aliphatic heterocycles. The molecule has 0 amide bonds. The molecule has 34 heavy (non-hydrogen) atoms. The van der Waals surface area contributed by atoms with Crippen molar-refractivity contribution in [1.29, 1.82) is 0 Å². The average Bonchev–Trinajstić information content (AvgIpc) is 2.86.